The summed E-state index contributed by atoms with van der Waals surface area (Å²) in [6.45, 7) is 8.06. The van der Waals surface area contributed by atoms with Crippen molar-refractivity contribution in [3.8, 4) is 28.8 Å². The van der Waals surface area contributed by atoms with Gasteiger partial charge in [-0.2, -0.15) is 9.65 Å². The number of aromatic nitrogens is 1. The zero-order valence-electron chi connectivity index (χ0n) is 38.7. The molecule has 2 aliphatic rings. The van der Waals surface area contributed by atoms with Crippen LogP contribution in [-0.2, 0) is 19.7 Å². The zero-order chi connectivity index (χ0) is 50.3. The Bertz CT molecular complexity index is 2780. The molecule has 3 amide bonds. The molecule has 0 bridgehead atoms. The van der Waals surface area contributed by atoms with E-state index in [-0.39, 0.29) is 63.2 Å². The van der Waals surface area contributed by atoms with E-state index in [9.17, 15) is 28.4 Å². The molecule has 7 rings (SSSR count). The van der Waals surface area contributed by atoms with E-state index in [1.54, 1.807) is 5.38 Å². The fourth-order valence-corrected chi connectivity index (χ4v) is 10.1. The van der Waals surface area contributed by atoms with Crippen molar-refractivity contribution in [3.05, 3.63) is 122 Å². The number of halogens is 6. The van der Waals surface area contributed by atoms with Gasteiger partial charge in [-0.3, -0.25) is 14.4 Å². The SMILES string of the molecule is COc1cc(C(=O)NCCCCNC(=O)COc2c(-c3csc(N4CCOCC4)n3)ccc(F)c2F)ccc1NC(=O)[C@@H]1N[C@@H](CC(C)(C)C)[C@](C#N)(c2ccc(Cl)cc2F)[C@H]1c1cccc(Cl)c1F. The molecular weight excluding hydrogens is 974 g/mol. The highest BCUT2D eigenvalue weighted by Crippen LogP contribution is 2.53. The normalized spacial score (nSPS) is 19.0. The van der Waals surface area contributed by atoms with Crippen molar-refractivity contribution in [3.63, 3.8) is 0 Å². The molecule has 0 spiro atoms. The fourth-order valence-electron chi connectivity index (χ4n) is 8.84. The Hall–Kier alpha value is -5.97. The summed E-state index contributed by atoms with van der Waals surface area (Å²) in [5.74, 6) is -7.34. The summed E-state index contributed by atoms with van der Waals surface area (Å²) < 4.78 is 77.9. The van der Waals surface area contributed by atoms with Gasteiger partial charge in [-0.1, -0.05) is 62.2 Å². The van der Waals surface area contributed by atoms with Gasteiger partial charge < -0.3 is 40.4 Å². The molecule has 20 heteroatoms. The molecule has 0 saturated carbocycles. The van der Waals surface area contributed by atoms with E-state index in [4.69, 9.17) is 37.4 Å². The minimum Gasteiger partial charge on any atom is -0.495 e. The monoisotopic (exact) mass is 1020 g/mol. The predicted octanol–water partition coefficient (Wildman–Crippen LogP) is 9.18. The van der Waals surface area contributed by atoms with Gasteiger partial charge in [0.15, 0.2) is 23.3 Å². The highest BCUT2D eigenvalue weighted by molar-refractivity contribution is 7.14. The summed E-state index contributed by atoms with van der Waals surface area (Å²) in [5, 5.41) is 25.0. The second-order valence-electron chi connectivity index (χ2n) is 18.0. The molecule has 0 unspecified atom stereocenters. The lowest BCUT2D eigenvalue weighted by molar-refractivity contribution is -0.123. The van der Waals surface area contributed by atoms with Gasteiger partial charge in [-0.15, -0.1) is 11.3 Å². The first-order valence-corrected chi connectivity index (χ1v) is 24.1. The van der Waals surface area contributed by atoms with Crippen LogP contribution in [0.3, 0.4) is 0 Å². The van der Waals surface area contributed by atoms with Crippen LogP contribution >= 0.6 is 34.5 Å². The average molecular weight is 1020 g/mol. The van der Waals surface area contributed by atoms with Crippen molar-refractivity contribution < 1.29 is 46.2 Å². The van der Waals surface area contributed by atoms with E-state index in [1.807, 2.05) is 25.7 Å². The van der Waals surface area contributed by atoms with Crippen LogP contribution in [0.2, 0.25) is 10.0 Å². The second kappa shape index (κ2) is 22.4. The number of morpholine rings is 1. The minimum absolute atomic E-state index is 0.0658. The Kier molecular flexibility index (Phi) is 16.6. The van der Waals surface area contributed by atoms with Crippen molar-refractivity contribution in [2.45, 2.75) is 63.5 Å². The molecule has 3 heterocycles. The van der Waals surface area contributed by atoms with Crippen LogP contribution in [0.4, 0.5) is 28.4 Å². The Morgan fingerprint density at radius 1 is 0.971 bits per heavy atom. The second-order valence-corrected chi connectivity index (χ2v) is 19.7. The summed E-state index contributed by atoms with van der Waals surface area (Å²) in [6.07, 6.45) is 1.18. The third-order valence-corrected chi connectivity index (χ3v) is 13.5. The topological polar surface area (TPSA) is 167 Å². The maximum atomic E-state index is 16.1. The quantitative estimate of drug-likeness (QED) is 0.0521. The molecule has 4 atom stereocenters. The number of nitrogens with one attached hydrogen (secondary N) is 4. The number of thiazole rings is 1. The average Bonchev–Trinajstić information content (AvgIpc) is 3.95. The number of hydrogen-bond acceptors (Lipinski definition) is 11. The van der Waals surface area contributed by atoms with Crippen molar-refractivity contribution in [2.75, 3.05) is 63.3 Å². The van der Waals surface area contributed by atoms with E-state index in [2.05, 4.69) is 32.3 Å². The third kappa shape index (κ3) is 11.5. The van der Waals surface area contributed by atoms with Crippen LogP contribution in [0.1, 0.15) is 67.4 Å². The van der Waals surface area contributed by atoms with Crippen LogP contribution < -0.4 is 35.6 Å². The van der Waals surface area contributed by atoms with Crippen LogP contribution in [0.15, 0.2) is 72.1 Å². The molecule has 4 aromatic carbocycles. The number of carbonyl (C=O) groups excluding carboxylic acids is 3. The number of benzene rings is 4. The molecular formula is C50H51Cl2F4N7O6S. The lowest BCUT2D eigenvalue weighted by atomic mass is 9.62. The molecule has 2 aliphatic heterocycles. The number of nitriles is 1. The van der Waals surface area contributed by atoms with Crippen LogP contribution in [0.25, 0.3) is 11.3 Å². The van der Waals surface area contributed by atoms with Crippen molar-refractivity contribution in [1.82, 2.24) is 20.9 Å². The number of carbonyl (C=O) groups is 3. The van der Waals surface area contributed by atoms with Gasteiger partial charge >= 0.3 is 0 Å². The molecule has 5 aromatic rings. The summed E-state index contributed by atoms with van der Waals surface area (Å²) in [5.41, 5.74) is -1.48. The summed E-state index contributed by atoms with van der Waals surface area (Å²) in [7, 11) is 1.35. The molecule has 2 saturated heterocycles. The number of nitrogens with zero attached hydrogens (tertiary/aromatic N) is 3. The van der Waals surface area contributed by atoms with Crippen LogP contribution in [-0.4, -0.2) is 87.9 Å². The Labute approximate surface area is 416 Å². The van der Waals surface area contributed by atoms with E-state index in [0.29, 0.717) is 50.0 Å². The number of rotatable bonds is 17. The van der Waals surface area contributed by atoms with Gasteiger partial charge in [0.05, 0.1) is 48.8 Å². The molecule has 13 nitrogen and oxygen atoms in total. The number of unbranched alkanes of at least 4 members (excludes halogenated alkanes) is 1. The highest BCUT2D eigenvalue weighted by atomic mass is 35.5. The maximum absolute atomic E-state index is 16.1. The van der Waals surface area contributed by atoms with Gasteiger partial charge in [-0.25, -0.2) is 18.2 Å². The van der Waals surface area contributed by atoms with Crippen molar-refractivity contribution in [1.29, 1.82) is 5.26 Å². The van der Waals surface area contributed by atoms with Gasteiger partial charge in [0.1, 0.15) is 22.8 Å². The van der Waals surface area contributed by atoms with E-state index in [0.717, 1.165) is 12.1 Å². The fraction of sp³-hybridized carbons (Fsp3) is 0.380. The maximum Gasteiger partial charge on any atom is 0.257 e. The molecule has 70 heavy (non-hydrogen) atoms. The Morgan fingerprint density at radius 3 is 2.41 bits per heavy atom. The number of methoxy groups -OCH3 is 1. The molecule has 4 N–H and O–H groups in total. The first-order valence-electron chi connectivity index (χ1n) is 22.5. The summed E-state index contributed by atoms with van der Waals surface area (Å²) in [6, 6.07) is 15.0. The lowest BCUT2D eigenvalue weighted by Crippen LogP contribution is -2.45. The van der Waals surface area contributed by atoms with E-state index >= 15 is 8.78 Å². The molecule has 0 aliphatic carbocycles. The first kappa shape index (κ1) is 51.9. The van der Waals surface area contributed by atoms with Crippen LogP contribution in [0, 0.1) is 40.0 Å². The summed E-state index contributed by atoms with van der Waals surface area (Å²) >= 11 is 13.8. The largest absolute Gasteiger partial charge is 0.495 e. The van der Waals surface area contributed by atoms with E-state index in [1.165, 1.54) is 73.0 Å². The standard InChI is InChI=1S/C50H51Cl2F4N7O6S/c1-49(2,3)24-39-50(27-57,32-13-11-29(51)23-35(32)54)41(31-8-7-9-33(52)42(31)55)44(62-39)47(66)60-36-15-10-28(22-38(36)67-4)46(65)59-17-6-5-16-58-40(64)25-69-45-30(12-14-34(53)43(45)56)37-26-70-48(61-37)63-18-20-68-21-19-63/h7-15,22-23,26,39,41,44,62H,5-6,16-21,24-25H2,1-4H3,(H,58,64)(H,59,65)(H,60,66)/t39-,41-,44+,50-/m0/s1. The molecule has 2 fully saturated rings. The van der Waals surface area contributed by atoms with Crippen molar-refractivity contribution >= 4 is 63.1 Å². The highest BCUT2D eigenvalue weighted by Gasteiger charge is 2.61. The van der Waals surface area contributed by atoms with Gasteiger partial charge in [0, 0.05) is 65.2 Å². The van der Waals surface area contributed by atoms with Gasteiger partial charge in [0.2, 0.25) is 11.7 Å². The lowest BCUT2D eigenvalue weighted by Gasteiger charge is -2.37. The number of anilines is 2. The van der Waals surface area contributed by atoms with Gasteiger partial charge in [0.25, 0.3) is 11.8 Å². The van der Waals surface area contributed by atoms with Gasteiger partial charge in [-0.05, 0) is 78.8 Å². The Morgan fingerprint density at radius 2 is 1.71 bits per heavy atom. The Balaban J connectivity index is 0.963. The number of amides is 3. The first-order chi connectivity index (χ1) is 33.4. The molecule has 370 valence electrons. The van der Waals surface area contributed by atoms with E-state index < -0.39 is 82.2 Å². The van der Waals surface area contributed by atoms with Crippen molar-refractivity contribution in [2.24, 2.45) is 5.41 Å². The number of ether oxygens (including phenoxy) is 3. The predicted molar refractivity (Wildman–Crippen MR) is 260 cm³/mol. The van der Waals surface area contributed by atoms with Crippen LogP contribution in [0.5, 0.6) is 11.5 Å². The minimum atomic E-state index is -1.84. The smallest absolute Gasteiger partial charge is 0.257 e. The summed E-state index contributed by atoms with van der Waals surface area (Å²) in [4.78, 5) is 47.1. The third-order valence-electron chi connectivity index (χ3n) is 12.1. The molecule has 0 radical (unpaired) electrons. The molecule has 1 aromatic heterocycles. The zero-order valence-corrected chi connectivity index (χ0v) is 41.0. The number of hydrogen-bond donors (Lipinski definition) is 4.